The fourth-order valence-corrected chi connectivity index (χ4v) is 3.96. The highest BCUT2D eigenvalue weighted by atomic mass is 35.5. The van der Waals surface area contributed by atoms with E-state index in [9.17, 15) is 13.2 Å². The molecule has 0 bridgehead atoms. The molecule has 0 aliphatic carbocycles. The molecular formula is C22H24Cl2O7S. The SMILES string of the molecule is COC(=O)/C=C/c1cc(Cl)c(OCCCOCCOS(=O)(=O)c2ccc(C)cc2)c(Cl)c1. The molecule has 10 heteroatoms. The number of hydrogen-bond acceptors (Lipinski definition) is 7. The Morgan fingerprint density at radius 1 is 1.00 bits per heavy atom. The molecule has 0 amide bonds. The Hall–Kier alpha value is -2.10. The normalized spacial score (nSPS) is 11.6. The number of methoxy groups -OCH3 is 1. The number of carbonyl (C=O) groups is 1. The molecule has 2 aromatic carbocycles. The van der Waals surface area contributed by atoms with Gasteiger partial charge in [-0.15, -0.1) is 0 Å². The summed E-state index contributed by atoms with van der Waals surface area (Å²) in [5.41, 5.74) is 1.59. The maximum absolute atomic E-state index is 12.1. The van der Waals surface area contributed by atoms with Gasteiger partial charge >= 0.3 is 5.97 Å². The number of rotatable bonds is 12. The molecule has 0 unspecified atom stereocenters. The van der Waals surface area contributed by atoms with E-state index in [1.54, 1.807) is 24.3 Å². The molecule has 0 spiro atoms. The van der Waals surface area contributed by atoms with Crippen molar-refractivity contribution in [2.45, 2.75) is 18.2 Å². The summed E-state index contributed by atoms with van der Waals surface area (Å²) in [7, 11) is -2.51. The van der Waals surface area contributed by atoms with Crippen LogP contribution in [-0.2, 0) is 28.6 Å². The van der Waals surface area contributed by atoms with Crippen molar-refractivity contribution < 1.29 is 31.6 Å². The van der Waals surface area contributed by atoms with E-state index in [1.807, 2.05) is 6.92 Å². The highest BCUT2D eigenvalue weighted by Crippen LogP contribution is 2.34. The molecule has 0 saturated carbocycles. The van der Waals surface area contributed by atoms with Crippen molar-refractivity contribution in [1.82, 2.24) is 0 Å². The van der Waals surface area contributed by atoms with Crippen LogP contribution in [-0.4, -0.2) is 47.9 Å². The van der Waals surface area contributed by atoms with Gasteiger partial charge in [0, 0.05) is 19.1 Å². The molecule has 0 heterocycles. The third-order valence-corrected chi connectivity index (χ3v) is 5.98. The lowest BCUT2D eigenvalue weighted by molar-refractivity contribution is -0.134. The van der Waals surface area contributed by atoms with Gasteiger partial charge in [-0.25, -0.2) is 4.79 Å². The van der Waals surface area contributed by atoms with Crippen LogP contribution >= 0.6 is 23.2 Å². The van der Waals surface area contributed by atoms with E-state index in [1.165, 1.54) is 31.4 Å². The highest BCUT2D eigenvalue weighted by molar-refractivity contribution is 7.86. The van der Waals surface area contributed by atoms with Gasteiger partial charge in [0.15, 0.2) is 5.75 Å². The molecule has 2 rings (SSSR count). The Kier molecular flexibility index (Phi) is 10.5. The van der Waals surface area contributed by atoms with E-state index >= 15 is 0 Å². The first-order valence-corrected chi connectivity index (χ1v) is 11.8. The van der Waals surface area contributed by atoms with Gasteiger partial charge in [-0.05, 0) is 42.8 Å². The molecule has 0 radical (unpaired) electrons. The number of aryl methyl sites for hydroxylation is 1. The predicted molar refractivity (Wildman–Crippen MR) is 123 cm³/mol. The molecule has 0 aliphatic rings. The van der Waals surface area contributed by atoms with Crippen molar-refractivity contribution in [3.8, 4) is 5.75 Å². The Bertz CT molecular complexity index is 1010. The van der Waals surface area contributed by atoms with Crippen molar-refractivity contribution in [3.05, 3.63) is 63.6 Å². The lowest BCUT2D eigenvalue weighted by atomic mass is 10.2. The number of benzene rings is 2. The Labute approximate surface area is 198 Å². The molecule has 0 aliphatic heterocycles. The van der Waals surface area contributed by atoms with E-state index in [2.05, 4.69) is 4.74 Å². The largest absolute Gasteiger partial charge is 0.490 e. The summed E-state index contributed by atoms with van der Waals surface area (Å²) in [4.78, 5) is 11.3. The van der Waals surface area contributed by atoms with Crippen LogP contribution in [0, 0.1) is 6.92 Å². The number of hydrogen-bond donors (Lipinski definition) is 0. The minimum absolute atomic E-state index is 0.0880. The van der Waals surface area contributed by atoms with Gasteiger partial charge in [0.25, 0.3) is 10.1 Å². The van der Waals surface area contributed by atoms with E-state index in [4.69, 9.17) is 36.9 Å². The summed E-state index contributed by atoms with van der Waals surface area (Å²) < 4.78 is 44.6. The summed E-state index contributed by atoms with van der Waals surface area (Å²) in [6.45, 7) is 2.53. The zero-order valence-electron chi connectivity index (χ0n) is 17.7. The van der Waals surface area contributed by atoms with Gasteiger partial charge in [0.2, 0.25) is 0 Å². The van der Waals surface area contributed by atoms with Crippen LogP contribution in [0.25, 0.3) is 6.08 Å². The number of carbonyl (C=O) groups excluding carboxylic acids is 1. The van der Waals surface area contributed by atoms with Gasteiger partial charge in [-0.3, -0.25) is 4.18 Å². The van der Waals surface area contributed by atoms with E-state index in [0.29, 0.717) is 41.0 Å². The minimum Gasteiger partial charge on any atom is -0.490 e. The van der Waals surface area contributed by atoms with E-state index in [0.717, 1.165) is 5.56 Å². The smallest absolute Gasteiger partial charge is 0.330 e. The van der Waals surface area contributed by atoms with Crippen molar-refractivity contribution in [1.29, 1.82) is 0 Å². The topological polar surface area (TPSA) is 88.1 Å². The number of ether oxygens (including phenoxy) is 3. The predicted octanol–water partition coefficient (Wildman–Crippen LogP) is 4.68. The molecule has 174 valence electrons. The minimum atomic E-state index is -3.80. The van der Waals surface area contributed by atoms with Crippen LogP contribution in [0.15, 0.2) is 47.4 Å². The fourth-order valence-electron chi connectivity index (χ4n) is 2.46. The van der Waals surface area contributed by atoms with Crippen molar-refractivity contribution in [3.63, 3.8) is 0 Å². The average molecular weight is 503 g/mol. The molecule has 7 nitrogen and oxygen atoms in total. The lowest BCUT2D eigenvalue weighted by Crippen LogP contribution is -2.13. The lowest BCUT2D eigenvalue weighted by Gasteiger charge is -2.11. The second-order valence-electron chi connectivity index (χ2n) is 6.57. The van der Waals surface area contributed by atoms with E-state index in [-0.39, 0.29) is 18.1 Å². The Morgan fingerprint density at radius 3 is 2.28 bits per heavy atom. The van der Waals surface area contributed by atoms with Crippen molar-refractivity contribution in [2.75, 3.05) is 33.5 Å². The molecule has 0 saturated heterocycles. The Balaban J connectivity index is 1.69. The second kappa shape index (κ2) is 12.8. The van der Waals surface area contributed by atoms with Crippen molar-refractivity contribution in [2.24, 2.45) is 0 Å². The van der Waals surface area contributed by atoms with Gasteiger partial charge in [-0.1, -0.05) is 40.9 Å². The summed E-state index contributed by atoms with van der Waals surface area (Å²) in [5, 5.41) is 0.607. The van der Waals surface area contributed by atoms with Crippen LogP contribution in [0.5, 0.6) is 5.75 Å². The molecule has 2 aromatic rings. The molecule has 0 fully saturated rings. The van der Waals surface area contributed by atoms with Gasteiger partial charge in [0.1, 0.15) is 0 Å². The number of halogens is 2. The third-order valence-electron chi connectivity index (χ3n) is 4.09. The van der Waals surface area contributed by atoms with Crippen molar-refractivity contribution >= 4 is 45.4 Å². The maximum atomic E-state index is 12.1. The van der Waals surface area contributed by atoms with E-state index < -0.39 is 16.1 Å². The Morgan fingerprint density at radius 2 is 1.66 bits per heavy atom. The quantitative estimate of drug-likeness (QED) is 0.180. The van der Waals surface area contributed by atoms with Crippen LogP contribution in [0.4, 0.5) is 0 Å². The zero-order chi connectivity index (χ0) is 23.6. The van der Waals surface area contributed by atoms with Crippen LogP contribution in [0.3, 0.4) is 0 Å². The summed E-state index contributed by atoms with van der Waals surface area (Å²) >= 11 is 12.4. The first-order chi connectivity index (χ1) is 15.2. The zero-order valence-corrected chi connectivity index (χ0v) is 20.0. The van der Waals surface area contributed by atoms with Crippen LogP contribution < -0.4 is 4.74 Å². The third kappa shape index (κ3) is 8.44. The molecule has 0 aromatic heterocycles. The first kappa shape index (κ1) is 26.2. The van der Waals surface area contributed by atoms with Gasteiger partial charge in [-0.2, -0.15) is 8.42 Å². The monoisotopic (exact) mass is 502 g/mol. The fraction of sp³-hybridized carbons (Fsp3) is 0.318. The molecule has 32 heavy (non-hydrogen) atoms. The van der Waals surface area contributed by atoms with Crippen LogP contribution in [0.1, 0.15) is 17.5 Å². The van der Waals surface area contributed by atoms with Gasteiger partial charge < -0.3 is 14.2 Å². The average Bonchev–Trinajstić information content (AvgIpc) is 2.75. The summed E-state index contributed by atoms with van der Waals surface area (Å²) in [6, 6.07) is 9.65. The summed E-state index contributed by atoms with van der Waals surface area (Å²) in [5.74, 6) is -0.160. The second-order valence-corrected chi connectivity index (χ2v) is 9.00. The molecule has 0 atom stereocenters. The van der Waals surface area contributed by atoms with Crippen LogP contribution in [0.2, 0.25) is 10.0 Å². The molecular weight excluding hydrogens is 479 g/mol. The van der Waals surface area contributed by atoms with Gasteiger partial charge in [0.05, 0.1) is 41.9 Å². The standard InChI is InChI=1S/C22H24Cl2O7S/c1-16-4-7-18(8-5-16)32(26,27)31-13-12-29-10-3-11-30-22-19(23)14-17(15-20(22)24)6-9-21(25)28-2/h4-9,14-15H,3,10-13H2,1-2H3/b9-6+. The summed E-state index contributed by atoms with van der Waals surface area (Å²) in [6.07, 6.45) is 3.32. The number of esters is 1. The molecule has 0 N–H and O–H groups in total. The first-order valence-electron chi connectivity index (χ1n) is 9.64. The highest BCUT2D eigenvalue weighted by Gasteiger charge is 2.14. The maximum Gasteiger partial charge on any atom is 0.330 e.